The van der Waals surface area contributed by atoms with Crippen molar-refractivity contribution in [2.45, 2.75) is 37.4 Å². The number of nitrogens with zero attached hydrogens (tertiary/aromatic N) is 2. The monoisotopic (exact) mass is 391 g/mol. The van der Waals surface area contributed by atoms with Gasteiger partial charge in [-0.3, -0.25) is 23.1 Å². The average molecular weight is 391 g/mol. The minimum Gasteiger partial charge on any atom is -0.730 e. The van der Waals surface area contributed by atoms with Gasteiger partial charge in [0, 0.05) is 25.1 Å². The quantitative estimate of drug-likeness (QED) is 0.482. The van der Waals surface area contributed by atoms with E-state index in [1.165, 1.54) is 0 Å². The summed E-state index contributed by atoms with van der Waals surface area (Å²) in [6.07, 6.45) is -2.68. The molecule has 2 saturated heterocycles. The lowest BCUT2D eigenvalue weighted by molar-refractivity contribution is -0.803. The molecule has 1 aromatic heterocycles. The summed E-state index contributed by atoms with van der Waals surface area (Å²) >= 11 is 0. The van der Waals surface area contributed by atoms with Gasteiger partial charge in [0.2, 0.25) is 0 Å². The maximum absolute atomic E-state index is 12.4. The minimum atomic E-state index is -4.26. The number of aliphatic hydroxyl groups is 2. The summed E-state index contributed by atoms with van der Waals surface area (Å²) in [5.41, 5.74) is -1.44. The summed E-state index contributed by atoms with van der Waals surface area (Å²) in [6, 6.07) is 1.07. The van der Waals surface area contributed by atoms with E-state index in [9.17, 15) is 29.3 Å². The summed E-state index contributed by atoms with van der Waals surface area (Å²) in [6.45, 7) is 0.418. The van der Waals surface area contributed by atoms with Crippen LogP contribution in [0.4, 0.5) is 0 Å². The van der Waals surface area contributed by atoms with E-state index in [1.54, 1.807) is 7.05 Å². The molecule has 0 saturated carbocycles. The second kappa shape index (κ2) is 7.01. The van der Waals surface area contributed by atoms with E-state index in [4.69, 9.17) is 9.26 Å². The van der Waals surface area contributed by atoms with Gasteiger partial charge in [0.15, 0.2) is 6.23 Å². The molecule has 0 aromatic carbocycles. The number of ether oxygens (including phenoxy) is 1. The fraction of sp³-hybridized carbons (Fsp3) is 0.714. The van der Waals surface area contributed by atoms with Gasteiger partial charge in [-0.25, -0.2) is 9.36 Å². The number of H-pyrrole nitrogens is 1. The molecular weight excluding hydrogens is 369 g/mol. The molecule has 0 aliphatic carbocycles. The molecule has 12 heteroatoms. The van der Waals surface area contributed by atoms with Crippen LogP contribution in [0.15, 0.2) is 21.9 Å². The SMILES string of the molecule is C[N+]1(P(=O)([O-])OC[C@H]2O[C@@H](n3ccc(=O)[nH]c3=O)[C@H](O)[C@@H]2O)CCCC1. The highest BCUT2D eigenvalue weighted by Gasteiger charge is 2.46. The molecule has 0 spiro atoms. The number of aromatic nitrogens is 2. The molecule has 1 aromatic rings. The highest BCUT2D eigenvalue weighted by Crippen LogP contribution is 2.51. The predicted octanol–water partition coefficient (Wildman–Crippen LogP) is -2.12. The van der Waals surface area contributed by atoms with Crippen molar-refractivity contribution in [1.82, 2.24) is 9.55 Å². The maximum atomic E-state index is 12.4. The van der Waals surface area contributed by atoms with Crippen LogP contribution in [0.5, 0.6) is 0 Å². The van der Waals surface area contributed by atoms with Gasteiger partial charge in [0.1, 0.15) is 18.3 Å². The Morgan fingerprint density at radius 2 is 2.04 bits per heavy atom. The third kappa shape index (κ3) is 3.44. The Kier molecular flexibility index (Phi) is 5.24. The smallest absolute Gasteiger partial charge is 0.330 e. The standard InChI is InChI=1S/C14H22N3O8P/c1-17(6-2-3-7-17)26(22,23)24-8-9-11(19)12(20)13(25-9)16-5-4-10(18)15-14(16)21/h4-5,9,11-13,19-20H,2-3,6-8H2,1H3,(H-,15,18,21,22,23)/t9-,11-,12-,13-/m1/s1. The van der Waals surface area contributed by atoms with Gasteiger partial charge >= 0.3 is 13.4 Å². The zero-order valence-corrected chi connectivity index (χ0v) is 15.1. The molecule has 1 unspecified atom stereocenters. The molecule has 146 valence electrons. The molecule has 2 aliphatic heterocycles. The van der Waals surface area contributed by atoms with Gasteiger partial charge < -0.3 is 19.8 Å². The molecule has 0 bridgehead atoms. The number of hydrogen-bond donors (Lipinski definition) is 3. The van der Waals surface area contributed by atoms with E-state index in [-0.39, 0.29) is 4.25 Å². The van der Waals surface area contributed by atoms with E-state index in [1.807, 2.05) is 4.98 Å². The number of aromatic amines is 1. The Morgan fingerprint density at radius 1 is 1.38 bits per heavy atom. The van der Waals surface area contributed by atoms with E-state index in [0.717, 1.165) is 29.7 Å². The van der Waals surface area contributed by atoms with Gasteiger partial charge in [-0.15, -0.1) is 0 Å². The van der Waals surface area contributed by atoms with Crippen molar-refractivity contribution in [1.29, 1.82) is 0 Å². The molecule has 2 aliphatic rings. The average Bonchev–Trinajstić information content (AvgIpc) is 3.13. The van der Waals surface area contributed by atoms with Gasteiger partial charge in [-0.2, -0.15) is 0 Å². The van der Waals surface area contributed by atoms with Gasteiger partial charge in [-0.05, 0) is 0 Å². The summed E-state index contributed by atoms with van der Waals surface area (Å²) in [5, 5.41) is 20.3. The van der Waals surface area contributed by atoms with Crippen LogP contribution in [0.1, 0.15) is 19.1 Å². The topological polar surface area (TPSA) is 154 Å². The first-order chi connectivity index (χ1) is 12.1. The second-order valence-electron chi connectivity index (χ2n) is 6.82. The molecule has 26 heavy (non-hydrogen) atoms. The zero-order chi connectivity index (χ0) is 19.1. The largest absolute Gasteiger partial charge is 0.730 e. The lowest BCUT2D eigenvalue weighted by Gasteiger charge is -2.40. The number of hydrogen-bond acceptors (Lipinski definition) is 8. The Balaban J connectivity index is 1.71. The fourth-order valence-corrected chi connectivity index (χ4v) is 4.68. The Labute approximate surface area is 148 Å². The first-order valence-corrected chi connectivity index (χ1v) is 9.78. The maximum Gasteiger partial charge on any atom is 0.330 e. The van der Waals surface area contributed by atoms with Gasteiger partial charge in [0.25, 0.3) is 5.56 Å². The molecule has 11 nitrogen and oxygen atoms in total. The van der Waals surface area contributed by atoms with Gasteiger partial charge in [-0.1, -0.05) is 0 Å². The lowest BCUT2D eigenvalue weighted by Crippen LogP contribution is -2.43. The molecule has 2 fully saturated rings. The molecule has 5 atom stereocenters. The summed E-state index contributed by atoms with van der Waals surface area (Å²) in [4.78, 5) is 37.4. The number of aliphatic hydroxyl groups excluding tert-OH is 2. The molecule has 3 N–H and O–H groups in total. The van der Waals surface area contributed by atoms with Crippen LogP contribution < -0.4 is 16.1 Å². The molecule has 0 amide bonds. The third-order valence-electron chi connectivity index (χ3n) is 4.99. The molecular formula is C14H22N3O8P. The predicted molar refractivity (Wildman–Crippen MR) is 86.0 cm³/mol. The zero-order valence-electron chi connectivity index (χ0n) is 14.2. The highest BCUT2D eigenvalue weighted by atomic mass is 31.2. The first-order valence-electron chi connectivity index (χ1n) is 8.28. The summed E-state index contributed by atoms with van der Waals surface area (Å²) in [7, 11) is -2.69. The first kappa shape index (κ1) is 19.4. The van der Waals surface area contributed by atoms with Crippen molar-refractivity contribution >= 4 is 7.75 Å². The molecule has 0 radical (unpaired) electrons. The Hall–Kier alpha value is -1.33. The number of nitrogens with one attached hydrogen (secondary N) is 1. The molecule has 3 heterocycles. The number of rotatable bonds is 5. The van der Waals surface area contributed by atoms with Gasteiger partial charge in [0.05, 0.1) is 26.7 Å². The summed E-state index contributed by atoms with van der Waals surface area (Å²) < 4.78 is 23.6. The third-order valence-corrected chi connectivity index (χ3v) is 7.04. The van der Waals surface area contributed by atoms with Crippen molar-refractivity contribution in [3.63, 3.8) is 0 Å². The Bertz CT molecular complexity index is 817. The van der Waals surface area contributed by atoms with Crippen molar-refractivity contribution < 1.29 is 33.2 Å². The van der Waals surface area contributed by atoms with Crippen molar-refractivity contribution in [2.75, 3.05) is 26.7 Å². The van der Waals surface area contributed by atoms with Crippen molar-refractivity contribution in [2.24, 2.45) is 0 Å². The van der Waals surface area contributed by atoms with E-state index in [2.05, 4.69) is 0 Å². The van der Waals surface area contributed by atoms with E-state index >= 15 is 0 Å². The second-order valence-corrected chi connectivity index (χ2v) is 8.98. The van der Waals surface area contributed by atoms with Crippen molar-refractivity contribution in [3.05, 3.63) is 33.1 Å². The normalized spacial score (nSPS) is 33.2. The highest BCUT2D eigenvalue weighted by molar-refractivity contribution is 7.45. The number of likely N-dealkylation sites (tertiary alicyclic amines) is 1. The van der Waals surface area contributed by atoms with Crippen LogP contribution >= 0.6 is 7.75 Å². The van der Waals surface area contributed by atoms with E-state index < -0.39 is 50.1 Å². The van der Waals surface area contributed by atoms with Crippen molar-refractivity contribution in [3.8, 4) is 0 Å². The lowest BCUT2D eigenvalue weighted by atomic mass is 10.1. The molecule has 3 rings (SSSR count). The van der Waals surface area contributed by atoms with E-state index in [0.29, 0.717) is 13.1 Å². The minimum absolute atomic E-state index is 0.221. The van der Waals surface area contributed by atoms with Crippen LogP contribution in [0.3, 0.4) is 0 Å². The fourth-order valence-electron chi connectivity index (χ4n) is 3.29. The number of quaternary nitrogens is 1. The Morgan fingerprint density at radius 3 is 2.65 bits per heavy atom. The van der Waals surface area contributed by atoms with Crippen LogP contribution in [-0.2, 0) is 13.8 Å². The van der Waals surface area contributed by atoms with Crippen LogP contribution in [0, 0.1) is 0 Å². The van der Waals surface area contributed by atoms with Crippen LogP contribution in [0.2, 0.25) is 0 Å². The van der Waals surface area contributed by atoms with Crippen LogP contribution in [0.25, 0.3) is 0 Å². The van der Waals surface area contributed by atoms with Crippen LogP contribution in [-0.4, -0.2) is 69.1 Å². The summed E-state index contributed by atoms with van der Waals surface area (Å²) in [5.74, 6) is 0.